The van der Waals surface area contributed by atoms with Gasteiger partial charge in [-0.05, 0) is 31.9 Å². The average Bonchev–Trinajstić information content (AvgIpc) is 2.48. The summed E-state index contributed by atoms with van der Waals surface area (Å²) in [4.78, 5) is 31.0. The Kier molecular flexibility index (Phi) is 5.60. The van der Waals surface area contributed by atoms with Crippen LogP contribution in [0.2, 0.25) is 0 Å². The molecule has 23 heavy (non-hydrogen) atoms. The second kappa shape index (κ2) is 7.46. The van der Waals surface area contributed by atoms with E-state index in [1.165, 1.54) is 17.8 Å². The maximum Gasteiger partial charge on any atom is 0.251 e. The van der Waals surface area contributed by atoms with E-state index in [-0.39, 0.29) is 22.6 Å². The third-order valence-corrected chi connectivity index (χ3v) is 4.29. The zero-order valence-electron chi connectivity index (χ0n) is 13.7. The molecule has 1 amide bonds. The maximum absolute atomic E-state index is 12.3. The van der Waals surface area contributed by atoms with Crippen molar-refractivity contribution >= 4 is 23.4 Å². The van der Waals surface area contributed by atoms with E-state index in [9.17, 15) is 9.59 Å². The predicted molar refractivity (Wildman–Crippen MR) is 94.1 cm³/mol. The van der Waals surface area contributed by atoms with Crippen LogP contribution in [-0.4, -0.2) is 21.1 Å². The number of hydrogen-bond donors (Lipinski definition) is 2. The number of benzene rings is 1. The van der Waals surface area contributed by atoms with Crippen LogP contribution in [0.15, 0.2) is 40.3 Å². The molecule has 1 aromatic carbocycles. The number of carbonyl (C=O) groups is 1. The van der Waals surface area contributed by atoms with Crippen LogP contribution >= 0.6 is 11.8 Å². The van der Waals surface area contributed by atoms with Crippen molar-refractivity contribution in [3.63, 3.8) is 0 Å². The standard InChI is InChI=1S/C17H21N3O2S/c1-10(2)14-9-15(21)20-17(19-14)23-12(4)16(22)18-13-7-5-11(3)6-8-13/h5-10,12H,1-4H3,(H,18,22)(H,19,20,21). The fraction of sp³-hybridized carbons (Fsp3) is 0.353. The Balaban J connectivity index is 2.06. The first-order chi connectivity index (χ1) is 10.8. The van der Waals surface area contributed by atoms with Crippen molar-refractivity contribution in [1.82, 2.24) is 9.97 Å². The van der Waals surface area contributed by atoms with Crippen molar-refractivity contribution in [2.24, 2.45) is 0 Å². The van der Waals surface area contributed by atoms with E-state index in [0.717, 1.165) is 16.9 Å². The van der Waals surface area contributed by atoms with Crippen LogP contribution < -0.4 is 10.9 Å². The van der Waals surface area contributed by atoms with Crippen molar-refractivity contribution < 1.29 is 4.79 Å². The molecule has 1 unspecified atom stereocenters. The topological polar surface area (TPSA) is 74.8 Å². The molecule has 0 radical (unpaired) electrons. The van der Waals surface area contributed by atoms with Crippen LogP contribution in [0.5, 0.6) is 0 Å². The van der Waals surface area contributed by atoms with Crippen molar-refractivity contribution in [1.29, 1.82) is 0 Å². The molecule has 1 heterocycles. The quantitative estimate of drug-likeness (QED) is 0.651. The molecule has 2 aromatic rings. The first-order valence-corrected chi connectivity index (χ1v) is 8.38. The van der Waals surface area contributed by atoms with Gasteiger partial charge in [0, 0.05) is 11.8 Å². The number of carbonyl (C=O) groups excluding carboxylic acids is 1. The fourth-order valence-electron chi connectivity index (χ4n) is 1.91. The minimum atomic E-state index is -0.373. The van der Waals surface area contributed by atoms with E-state index in [1.807, 2.05) is 45.0 Å². The molecular formula is C17H21N3O2S. The highest BCUT2D eigenvalue weighted by Crippen LogP contribution is 2.21. The lowest BCUT2D eigenvalue weighted by molar-refractivity contribution is -0.115. The van der Waals surface area contributed by atoms with Gasteiger partial charge in [-0.25, -0.2) is 4.98 Å². The molecule has 0 aliphatic rings. The Bertz CT molecular complexity index is 738. The van der Waals surface area contributed by atoms with Crippen LogP contribution in [0.25, 0.3) is 0 Å². The Morgan fingerprint density at radius 3 is 2.48 bits per heavy atom. The van der Waals surface area contributed by atoms with Crippen molar-refractivity contribution in [3.8, 4) is 0 Å². The SMILES string of the molecule is Cc1ccc(NC(=O)C(C)Sc2nc(C(C)C)cc(=O)[nH]2)cc1. The van der Waals surface area contributed by atoms with Crippen LogP contribution in [0, 0.1) is 6.92 Å². The monoisotopic (exact) mass is 331 g/mol. The molecule has 5 nitrogen and oxygen atoms in total. The number of aryl methyl sites for hydroxylation is 1. The summed E-state index contributed by atoms with van der Waals surface area (Å²) in [6.45, 7) is 7.73. The first kappa shape index (κ1) is 17.3. The van der Waals surface area contributed by atoms with Crippen molar-refractivity contribution in [2.75, 3.05) is 5.32 Å². The van der Waals surface area contributed by atoms with E-state index in [4.69, 9.17) is 0 Å². The second-order valence-corrected chi connectivity index (χ2v) is 7.07. The maximum atomic E-state index is 12.3. The molecule has 0 aliphatic heterocycles. The zero-order valence-corrected chi connectivity index (χ0v) is 14.5. The summed E-state index contributed by atoms with van der Waals surface area (Å²) in [7, 11) is 0. The highest BCUT2D eigenvalue weighted by Gasteiger charge is 2.17. The molecule has 0 bridgehead atoms. The van der Waals surface area contributed by atoms with Gasteiger partial charge in [-0.1, -0.05) is 43.3 Å². The molecule has 2 N–H and O–H groups in total. The summed E-state index contributed by atoms with van der Waals surface area (Å²) >= 11 is 1.24. The van der Waals surface area contributed by atoms with Gasteiger partial charge in [0.15, 0.2) is 5.16 Å². The number of amides is 1. The number of nitrogens with zero attached hydrogens (tertiary/aromatic N) is 1. The van der Waals surface area contributed by atoms with E-state index < -0.39 is 0 Å². The van der Waals surface area contributed by atoms with Crippen molar-refractivity contribution in [3.05, 3.63) is 51.9 Å². The molecule has 6 heteroatoms. The van der Waals surface area contributed by atoms with Crippen LogP contribution in [-0.2, 0) is 4.79 Å². The average molecular weight is 331 g/mol. The number of rotatable bonds is 5. The molecule has 1 atom stereocenters. The lowest BCUT2D eigenvalue weighted by Crippen LogP contribution is -2.23. The van der Waals surface area contributed by atoms with Gasteiger partial charge in [-0.2, -0.15) is 0 Å². The number of hydrogen-bond acceptors (Lipinski definition) is 4. The van der Waals surface area contributed by atoms with Gasteiger partial charge in [-0.3, -0.25) is 9.59 Å². The molecule has 0 aliphatic carbocycles. The first-order valence-electron chi connectivity index (χ1n) is 7.50. The van der Waals surface area contributed by atoms with Gasteiger partial charge < -0.3 is 10.3 Å². The fourth-order valence-corrected chi connectivity index (χ4v) is 2.73. The van der Waals surface area contributed by atoms with E-state index in [0.29, 0.717) is 5.16 Å². The van der Waals surface area contributed by atoms with Gasteiger partial charge >= 0.3 is 0 Å². The van der Waals surface area contributed by atoms with Gasteiger partial charge in [0.2, 0.25) is 5.91 Å². The molecule has 1 aromatic heterocycles. The number of H-pyrrole nitrogens is 1. The Morgan fingerprint density at radius 2 is 1.87 bits per heavy atom. The highest BCUT2D eigenvalue weighted by molar-refractivity contribution is 8.00. The van der Waals surface area contributed by atoms with Gasteiger partial charge in [0.25, 0.3) is 5.56 Å². The van der Waals surface area contributed by atoms with E-state index >= 15 is 0 Å². The molecule has 0 saturated heterocycles. The number of nitrogens with one attached hydrogen (secondary N) is 2. The molecule has 0 spiro atoms. The number of thioether (sulfide) groups is 1. The molecule has 0 saturated carbocycles. The Hall–Kier alpha value is -2.08. The highest BCUT2D eigenvalue weighted by atomic mass is 32.2. The van der Waals surface area contributed by atoms with E-state index in [1.54, 1.807) is 6.92 Å². The normalized spacial score (nSPS) is 12.2. The minimum Gasteiger partial charge on any atom is -0.325 e. The lowest BCUT2D eigenvalue weighted by atomic mass is 10.1. The van der Waals surface area contributed by atoms with Crippen LogP contribution in [0.3, 0.4) is 0 Å². The molecule has 122 valence electrons. The number of aromatic amines is 1. The zero-order chi connectivity index (χ0) is 17.0. The summed E-state index contributed by atoms with van der Waals surface area (Å²) < 4.78 is 0. The van der Waals surface area contributed by atoms with Gasteiger partial charge in [0.05, 0.1) is 10.9 Å². The van der Waals surface area contributed by atoms with Crippen molar-refractivity contribution in [2.45, 2.75) is 44.0 Å². The molecular weight excluding hydrogens is 310 g/mol. The van der Waals surface area contributed by atoms with E-state index in [2.05, 4.69) is 15.3 Å². The van der Waals surface area contributed by atoms with Gasteiger partial charge in [0.1, 0.15) is 0 Å². The summed E-state index contributed by atoms with van der Waals surface area (Å²) in [6, 6.07) is 9.11. The second-order valence-electron chi connectivity index (χ2n) is 5.75. The summed E-state index contributed by atoms with van der Waals surface area (Å²) in [5, 5.41) is 2.95. The number of anilines is 1. The minimum absolute atomic E-state index is 0.128. The molecule has 0 fully saturated rings. The molecule has 2 rings (SSSR count). The Morgan fingerprint density at radius 1 is 1.22 bits per heavy atom. The summed E-state index contributed by atoms with van der Waals surface area (Å²) in [5.41, 5.74) is 2.42. The largest absolute Gasteiger partial charge is 0.325 e. The van der Waals surface area contributed by atoms with Crippen LogP contribution in [0.4, 0.5) is 5.69 Å². The Labute approximate surface area is 139 Å². The lowest BCUT2D eigenvalue weighted by Gasteiger charge is -2.12. The third kappa shape index (κ3) is 4.96. The smallest absolute Gasteiger partial charge is 0.251 e. The summed E-state index contributed by atoms with van der Waals surface area (Å²) in [5.74, 6) is 0.0322. The summed E-state index contributed by atoms with van der Waals surface area (Å²) in [6.07, 6.45) is 0. The predicted octanol–water partition coefficient (Wildman–Crippen LogP) is 3.32. The van der Waals surface area contributed by atoms with Crippen LogP contribution in [0.1, 0.15) is 37.9 Å². The third-order valence-electron chi connectivity index (χ3n) is 3.31. The van der Waals surface area contributed by atoms with Gasteiger partial charge in [-0.15, -0.1) is 0 Å². The number of aromatic nitrogens is 2.